The molecule has 2 N–H and O–H groups in total. The van der Waals surface area contributed by atoms with Gasteiger partial charge in [-0.1, -0.05) is 18.2 Å². The van der Waals surface area contributed by atoms with Crippen molar-refractivity contribution in [3.63, 3.8) is 0 Å². The van der Waals surface area contributed by atoms with Crippen molar-refractivity contribution >= 4 is 0 Å². The van der Waals surface area contributed by atoms with Gasteiger partial charge in [0, 0.05) is 12.2 Å². The molecule has 17 heavy (non-hydrogen) atoms. The molecule has 0 spiro atoms. The molecule has 1 aromatic carbocycles. The quantitative estimate of drug-likeness (QED) is 0.749. The number of aliphatic hydroxyl groups is 1. The predicted octanol–water partition coefficient (Wildman–Crippen LogP) is 2.16. The number of hydrogen-bond acceptors (Lipinski definition) is 3. The SMILES string of the molecule is N#CC(NCCCO)c1cccc(C(F)F)c1. The summed E-state index contributed by atoms with van der Waals surface area (Å²) in [6.45, 7) is 0.496. The summed E-state index contributed by atoms with van der Waals surface area (Å²) in [7, 11) is 0. The first-order valence-electron chi connectivity index (χ1n) is 5.31. The summed E-state index contributed by atoms with van der Waals surface area (Å²) in [5, 5.41) is 20.4. The molecule has 0 aliphatic heterocycles. The molecule has 0 heterocycles. The van der Waals surface area contributed by atoms with Crippen LogP contribution in [0.4, 0.5) is 8.78 Å². The second-order valence-electron chi connectivity index (χ2n) is 3.56. The van der Waals surface area contributed by atoms with Crippen LogP contribution < -0.4 is 5.32 Å². The van der Waals surface area contributed by atoms with Gasteiger partial charge in [0.1, 0.15) is 6.04 Å². The third kappa shape index (κ3) is 4.10. The molecule has 1 rings (SSSR count). The topological polar surface area (TPSA) is 56.0 Å². The van der Waals surface area contributed by atoms with Crippen LogP contribution in [0.5, 0.6) is 0 Å². The van der Waals surface area contributed by atoms with Crippen LogP contribution in [0.25, 0.3) is 0 Å². The van der Waals surface area contributed by atoms with Crippen molar-refractivity contribution in [1.29, 1.82) is 5.26 Å². The smallest absolute Gasteiger partial charge is 0.263 e. The molecule has 0 amide bonds. The Morgan fingerprint density at radius 1 is 1.35 bits per heavy atom. The van der Waals surface area contributed by atoms with Gasteiger partial charge in [-0.15, -0.1) is 0 Å². The highest BCUT2D eigenvalue weighted by atomic mass is 19.3. The predicted molar refractivity (Wildman–Crippen MR) is 59.5 cm³/mol. The number of benzene rings is 1. The second-order valence-corrected chi connectivity index (χ2v) is 3.56. The maximum Gasteiger partial charge on any atom is 0.263 e. The van der Waals surface area contributed by atoms with Crippen molar-refractivity contribution in [2.75, 3.05) is 13.2 Å². The molecule has 0 radical (unpaired) electrons. The Hall–Kier alpha value is -1.51. The fourth-order valence-electron chi connectivity index (χ4n) is 1.44. The monoisotopic (exact) mass is 240 g/mol. The number of hydrogen-bond donors (Lipinski definition) is 2. The second kappa shape index (κ2) is 6.94. The summed E-state index contributed by atoms with van der Waals surface area (Å²) in [6.07, 6.45) is -2.01. The first kappa shape index (κ1) is 13.6. The summed E-state index contributed by atoms with van der Waals surface area (Å²) in [6, 6.07) is 7.17. The van der Waals surface area contributed by atoms with Gasteiger partial charge >= 0.3 is 0 Å². The normalized spacial score (nSPS) is 12.4. The Balaban J connectivity index is 2.74. The number of halogens is 2. The average molecular weight is 240 g/mol. The van der Waals surface area contributed by atoms with E-state index < -0.39 is 12.5 Å². The molecule has 0 saturated heterocycles. The van der Waals surface area contributed by atoms with Crippen LogP contribution in [0.3, 0.4) is 0 Å². The third-order valence-electron chi connectivity index (χ3n) is 2.31. The maximum atomic E-state index is 12.5. The van der Waals surface area contributed by atoms with E-state index in [9.17, 15) is 8.78 Å². The summed E-state index contributed by atoms with van der Waals surface area (Å²) in [4.78, 5) is 0. The molecule has 0 aromatic heterocycles. The first-order chi connectivity index (χ1) is 8.19. The van der Waals surface area contributed by atoms with Crippen molar-refractivity contribution in [1.82, 2.24) is 5.32 Å². The lowest BCUT2D eigenvalue weighted by atomic mass is 10.0. The van der Waals surface area contributed by atoms with E-state index in [2.05, 4.69) is 5.32 Å². The minimum atomic E-state index is -2.54. The number of nitriles is 1. The van der Waals surface area contributed by atoms with Crippen LogP contribution in [0.1, 0.15) is 30.0 Å². The molecular weight excluding hydrogens is 226 g/mol. The highest BCUT2D eigenvalue weighted by molar-refractivity contribution is 5.29. The zero-order chi connectivity index (χ0) is 12.7. The summed E-state index contributed by atoms with van der Waals surface area (Å²) in [5.74, 6) is 0. The third-order valence-corrected chi connectivity index (χ3v) is 2.31. The lowest BCUT2D eigenvalue weighted by Gasteiger charge is -2.12. The number of rotatable bonds is 6. The number of nitrogens with zero attached hydrogens (tertiary/aromatic N) is 1. The van der Waals surface area contributed by atoms with Crippen molar-refractivity contribution in [3.05, 3.63) is 35.4 Å². The summed E-state index contributed by atoms with van der Waals surface area (Å²) >= 11 is 0. The fourth-order valence-corrected chi connectivity index (χ4v) is 1.44. The highest BCUT2D eigenvalue weighted by Crippen LogP contribution is 2.22. The van der Waals surface area contributed by atoms with Crippen LogP contribution in [-0.2, 0) is 0 Å². The molecule has 1 atom stereocenters. The van der Waals surface area contributed by atoms with Gasteiger partial charge in [-0.3, -0.25) is 5.32 Å². The number of nitrogens with one attached hydrogen (secondary N) is 1. The first-order valence-corrected chi connectivity index (χ1v) is 5.31. The van der Waals surface area contributed by atoms with Crippen molar-refractivity contribution in [2.45, 2.75) is 18.9 Å². The summed E-state index contributed by atoms with van der Waals surface area (Å²) < 4.78 is 25.0. The molecule has 1 aromatic rings. The van der Waals surface area contributed by atoms with E-state index in [0.29, 0.717) is 18.5 Å². The molecular formula is C12H14F2N2O. The van der Waals surface area contributed by atoms with Crippen molar-refractivity contribution in [3.8, 4) is 6.07 Å². The average Bonchev–Trinajstić information content (AvgIpc) is 2.35. The van der Waals surface area contributed by atoms with Crippen LogP contribution in [0, 0.1) is 11.3 Å². The van der Waals surface area contributed by atoms with E-state index >= 15 is 0 Å². The van der Waals surface area contributed by atoms with Gasteiger partial charge < -0.3 is 5.11 Å². The van der Waals surface area contributed by atoms with E-state index in [1.54, 1.807) is 6.07 Å². The zero-order valence-corrected chi connectivity index (χ0v) is 9.24. The van der Waals surface area contributed by atoms with Gasteiger partial charge in [0.15, 0.2) is 0 Å². The largest absolute Gasteiger partial charge is 0.396 e. The standard InChI is InChI=1S/C12H14F2N2O/c13-12(14)10-4-1-3-9(7-10)11(8-15)16-5-2-6-17/h1,3-4,7,11-12,16-17H,2,5-6H2. The van der Waals surface area contributed by atoms with E-state index in [0.717, 1.165) is 0 Å². The minimum Gasteiger partial charge on any atom is -0.396 e. The molecule has 0 aliphatic rings. The molecule has 0 bridgehead atoms. The van der Waals surface area contributed by atoms with E-state index in [1.165, 1.54) is 18.2 Å². The molecule has 92 valence electrons. The van der Waals surface area contributed by atoms with Gasteiger partial charge in [-0.2, -0.15) is 5.26 Å². The van der Waals surface area contributed by atoms with Crippen molar-refractivity contribution < 1.29 is 13.9 Å². The molecule has 1 unspecified atom stereocenters. The molecule has 3 nitrogen and oxygen atoms in total. The van der Waals surface area contributed by atoms with Crippen LogP contribution in [-0.4, -0.2) is 18.3 Å². The molecule has 0 aliphatic carbocycles. The van der Waals surface area contributed by atoms with E-state index in [-0.39, 0.29) is 12.2 Å². The number of alkyl halides is 2. The Bertz CT molecular complexity index is 390. The van der Waals surface area contributed by atoms with Gasteiger partial charge in [-0.05, 0) is 24.6 Å². The molecule has 5 heteroatoms. The molecule has 0 fully saturated rings. The minimum absolute atomic E-state index is 0.0300. The summed E-state index contributed by atoms with van der Waals surface area (Å²) in [5.41, 5.74) is 0.426. The van der Waals surface area contributed by atoms with Crippen LogP contribution in [0.15, 0.2) is 24.3 Å². The Morgan fingerprint density at radius 2 is 2.06 bits per heavy atom. The van der Waals surface area contributed by atoms with Crippen LogP contribution in [0.2, 0.25) is 0 Å². The Morgan fingerprint density at radius 3 is 2.65 bits per heavy atom. The van der Waals surface area contributed by atoms with Crippen LogP contribution >= 0.6 is 0 Å². The maximum absolute atomic E-state index is 12.5. The Labute approximate surface area is 98.7 Å². The zero-order valence-electron chi connectivity index (χ0n) is 9.24. The van der Waals surface area contributed by atoms with E-state index in [4.69, 9.17) is 10.4 Å². The highest BCUT2D eigenvalue weighted by Gasteiger charge is 2.13. The Kier molecular flexibility index (Phi) is 5.53. The molecule has 0 saturated carbocycles. The lowest BCUT2D eigenvalue weighted by Crippen LogP contribution is -2.21. The van der Waals surface area contributed by atoms with Crippen molar-refractivity contribution in [2.24, 2.45) is 0 Å². The fraction of sp³-hybridized carbons (Fsp3) is 0.417. The lowest BCUT2D eigenvalue weighted by molar-refractivity contribution is 0.151. The van der Waals surface area contributed by atoms with Gasteiger partial charge in [0.2, 0.25) is 0 Å². The van der Waals surface area contributed by atoms with Gasteiger partial charge in [0.25, 0.3) is 6.43 Å². The number of aliphatic hydroxyl groups excluding tert-OH is 1. The van der Waals surface area contributed by atoms with Gasteiger partial charge in [-0.25, -0.2) is 8.78 Å². The van der Waals surface area contributed by atoms with E-state index in [1.807, 2.05) is 6.07 Å². The van der Waals surface area contributed by atoms with Gasteiger partial charge in [0.05, 0.1) is 6.07 Å².